The van der Waals surface area contributed by atoms with Crippen molar-refractivity contribution >= 4 is 33.2 Å². The lowest BCUT2D eigenvalue weighted by atomic mass is 10.1. The highest BCUT2D eigenvalue weighted by Crippen LogP contribution is 2.22. The molecular formula is C22H29N3O5S. The first kappa shape index (κ1) is 24.2. The van der Waals surface area contributed by atoms with Gasteiger partial charge in [-0.15, -0.1) is 0 Å². The third-order valence-corrected chi connectivity index (χ3v) is 5.69. The third-order valence-electron chi connectivity index (χ3n) is 4.48. The minimum atomic E-state index is -3.36. The molecule has 0 spiro atoms. The number of benzene rings is 2. The maximum atomic E-state index is 12.6. The average Bonchev–Trinajstić information content (AvgIpc) is 2.71. The molecule has 0 aliphatic carbocycles. The lowest BCUT2D eigenvalue weighted by molar-refractivity contribution is -0.122. The van der Waals surface area contributed by atoms with Gasteiger partial charge in [0.15, 0.2) is 6.10 Å². The van der Waals surface area contributed by atoms with E-state index in [1.165, 1.54) is 7.05 Å². The zero-order chi connectivity index (χ0) is 23.2. The van der Waals surface area contributed by atoms with Gasteiger partial charge in [-0.3, -0.25) is 13.9 Å². The van der Waals surface area contributed by atoms with Crippen molar-refractivity contribution < 1.29 is 22.7 Å². The summed E-state index contributed by atoms with van der Waals surface area (Å²) in [6.45, 7) is 6.12. The van der Waals surface area contributed by atoms with Crippen molar-refractivity contribution in [1.82, 2.24) is 5.32 Å². The number of para-hydroxylation sites is 1. The smallest absolute Gasteiger partial charge is 0.265 e. The first-order valence-electron chi connectivity index (χ1n) is 9.87. The van der Waals surface area contributed by atoms with E-state index >= 15 is 0 Å². The highest BCUT2D eigenvalue weighted by Gasteiger charge is 2.19. The predicted molar refractivity (Wildman–Crippen MR) is 122 cm³/mol. The zero-order valence-electron chi connectivity index (χ0n) is 18.4. The largest absolute Gasteiger partial charge is 0.481 e. The van der Waals surface area contributed by atoms with E-state index in [2.05, 4.69) is 10.6 Å². The fourth-order valence-electron chi connectivity index (χ4n) is 2.60. The molecular weight excluding hydrogens is 418 g/mol. The Balaban J connectivity index is 2.04. The summed E-state index contributed by atoms with van der Waals surface area (Å²) in [5, 5.41) is 5.57. The first-order valence-corrected chi connectivity index (χ1v) is 11.7. The van der Waals surface area contributed by atoms with Crippen LogP contribution in [0.1, 0.15) is 31.1 Å². The third kappa shape index (κ3) is 6.99. The maximum Gasteiger partial charge on any atom is 0.265 e. The lowest BCUT2D eigenvalue weighted by Gasteiger charge is -2.19. The molecule has 0 fully saturated rings. The molecule has 0 saturated carbocycles. The molecule has 1 atom stereocenters. The minimum Gasteiger partial charge on any atom is -0.481 e. The van der Waals surface area contributed by atoms with E-state index in [4.69, 9.17) is 4.74 Å². The van der Waals surface area contributed by atoms with Crippen LogP contribution in [0.3, 0.4) is 0 Å². The molecule has 0 aliphatic heterocycles. The minimum absolute atomic E-state index is 0.260. The molecule has 2 N–H and O–H groups in total. The molecule has 0 radical (unpaired) electrons. The number of ether oxygens (including phenoxy) is 1. The topological polar surface area (TPSA) is 105 Å². The molecule has 0 saturated heterocycles. The number of amides is 2. The summed E-state index contributed by atoms with van der Waals surface area (Å²) in [6, 6.07) is 13.1. The van der Waals surface area contributed by atoms with Gasteiger partial charge in [-0.1, -0.05) is 26.0 Å². The van der Waals surface area contributed by atoms with Gasteiger partial charge in [-0.05, 0) is 49.2 Å². The summed E-state index contributed by atoms with van der Waals surface area (Å²) in [5.41, 5.74) is 1.25. The van der Waals surface area contributed by atoms with E-state index in [-0.39, 0.29) is 5.91 Å². The Morgan fingerprint density at radius 3 is 2.23 bits per heavy atom. The second-order valence-corrected chi connectivity index (χ2v) is 9.64. The van der Waals surface area contributed by atoms with E-state index in [0.29, 0.717) is 35.2 Å². The van der Waals surface area contributed by atoms with Gasteiger partial charge in [0.2, 0.25) is 10.0 Å². The molecule has 0 bridgehead atoms. The van der Waals surface area contributed by atoms with Crippen molar-refractivity contribution in [2.75, 3.05) is 29.5 Å². The van der Waals surface area contributed by atoms with Crippen LogP contribution in [0, 0.1) is 5.92 Å². The average molecular weight is 448 g/mol. The first-order chi connectivity index (χ1) is 14.5. The van der Waals surface area contributed by atoms with Crippen LogP contribution in [-0.2, 0) is 14.8 Å². The number of anilines is 2. The molecule has 2 aromatic rings. The Morgan fingerprint density at radius 2 is 1.65 bits per heavy atom. The van der Waals surface area contributed by atoms with Crippen LogP contribution in [0.2, 0.25) is 0 Å². The summed E-state index contributed by atoms with van der Waals surface area (Å²) >= 11 is 0. The van der Waals surface area contributed by atoms with E-state index in [1.807, 2.05) is 13.8 Å². The van der Waals surface area contributed by atoms with Gasteiger partial charge in [0.05, 0.1) is 23.2 Å². The van der Waals surface area contributed by atoms with Crippen LogP contribution in [0.5, 0.6) is 5.75 Å². The van der Waals surface area contributed by atoms with Gasteiger partial charge in [0, 0.05) is 13.6 Å². The molecule has 2 rings (SSSR count). The Kier molecular flexibility index (Phi) is 8.04. The van der Waals surface area contributed by atoms with Crippen molar-refractivity contribution in [3.05, 3.63) is 54.1 Å². The van der Waals surface area contributed by atoms with Gasteiger partial charge < -0.3 is 15.4 Å². The van der Waals surface area contributed by atoms with Crippen molar-refractivity contribution in [1.29, 1.82) is 0 Å². The Labute approximate surface area is 183 Å². The van der Waals surface area contributed by atoms with Gasteiger partial charge >= 0.3 is 0 Å². The van der Waals surface area contributed by atoms with Crippen molar-refractivity contribution in [2.24, 2.45) is 5.92 Å². The van der Waals surface area contributed by atoms with E-state index < -0.39 is 22.0 Å². The molecule has 8 nitrogen and oxygen atoms in total. The second-order valence-electron chi connectivity index (χ2n) is 7.62. The highest BCUT2D eigenvalue weighted by atomic mass is 32.2. The van der Waals surface area contributed by atoms with Crippen molar-refractivity contribution in [2.45, 2.75) is 26.9 Å². The van der Waals surface area contributed by atoms with Gasteiger partial charge in [0.25, 0.3) is 11.8 Å². The second kappa shape index (κ2) is 10.3. The quantitative estimate of drug-likeness (QED) is 0.615. The molecule has 2 amide bonds. The van der Waals surface area contributed by atoms with Crippen LogP contribution in [-0.4, -0.2) is 46.2 Å². The number of sulfonamides is 1. The van der Waals surface area contributed by atoms with Crippen LogP contribution in [0.4, 0.5) is 11.4 Å². The van der Waals surface area contributed by atoms with Gasteiger partial charge in [-0.25, -0.2) is 8.42 Å². The van der Waals surface area contributed by atoms with E-state index in [0.717, 1.165) is 10.6 Å². The highest BCUT2D eigenvalue weighted by molar-refractivity contribution is 7.92. The maximum absolute atomic E-state index is 12.6. The molecule has 0 aliphatic rings. The van der Waals surface area contributed by atoms with Gasteiger partial charge in [0.1, 0.15) is 5.75 Å². The number of nitrogens with zero attached hydrogens (tertiary/aromatic N) is 1. The van der Waals surface area contributed by atoms with E-state index in [1.54, 1.807) is 55.5 Å². The molecule has 0 aromatic heterocycles. The molecule has 9 heteroatoms. The van der Waals surface area contributed by atoms with Crippen LogP contribution < -0.4 is 19.7 Å². The number of nitrogens with one attached hydrogen (secondary N) is 2. The fraction of sp³-hybridized carbons (Fsp3) is 0.364. The standard InChI is InChI=1S/C22H29N3O5S/c1-15(2)14-23-22(27)19-8-6-7-9-20(19)24-21(26)16(3)30-18-12-10-17(11-13-18)25(4)31(5,28)29/h6-13,15-16H,14H2,1-5H3,(H,23,27)(H,24,26). The van der Waals surface area contributed by atoms with Crippen LogP contribution >= 0.6 is 0 Å². The number of carbonyl (C=O) groups is 2. The molecule has 168 valence electrons. The molecule has 31 heavy (non-hydrogen) atoms. The molecule has 2 aromatic carbocycles. The van der Waals surface area contributed by atoms with Crippen LogP contribution in [0.25, 0.3) is 0 Å². The lowest BCUT2D eigenvalue weighted by Crippen LogP contribution is -2.32. The summed E-state index contributed by atoms with van der Waals surface area (Å²) < 4.78 is 30.1. The SMILES string of the molecule is CC(C)CNC(=O)c1ccccc1NC(=O)C(C)Oc1ccc(N(C)S(C)(=O)=O)cc1. The number of carbonyl (C=O) groups excluding carboxylic acids is 2. The predicted octanol–water partition coefficient (Wildman–Crippen LogP) is 2.87. The summed E-state index contributed by atoms with van der Waals surface area (Å²) in [5.74, 6) is 0.0456. The molecule has 0 heterocycles. The summed E-state index contributed by atoms with van der Waals surface area (Å²) in [7, 11) is -1.91. The Hall–Kier alpha value is -3.07. The fourth-order valence-corrected chi connectivity index (χ4v) is 3.10. The van der Waals surface area contributed by atoms with Crippen molar-refractivity contribution in [3.8, 4) is 5.75 Å². The zero-order valence-corrected chi connectivity index (χ0v) is 19.2. The number of hydrogen-bond donors (Lipinski definition) is 2. The van der Waals surface area contributed by atoms with E-state index in [9.17, 15) is 18.0 Å². The number of hydrogen-bond acceptors (Lipinski definition) is 5. The summed E-state index contributed by atoms with van der Waals surface area (Å²) in [4.78, 5) is 25.0. The molecule has 1 unspecified atom stereocenters. The Morgan fingerprint density at radius 1 is 1.03 bits per heavy atom. The van der Waals surface area contributed by atoms with Crippen molar-refractivity contribution in [3.63, 3.8) is 0 Å². The number of rotatable bonds is 9. The van der Waals surface area contributed by atoms with Gasteiger partial charge in [-0.2, -0.15) is 0 Å². The monoisotopic (exact) mass is 447 g/mol. The normalized spacial score (nSPS) is 12.2. The van der Waals surface area contributed by atoms with Crippen LogP contribution in [0.15, 0.2) is 48.5 Å². The Bertz CT molecular complexity index is 1020. The summed E-state index contributed by atoms with van der Waals surface area (Å²) in [6.07, 6.45) is 0.273.